The summed E-state index contributed by atoms with van der Waals surface area (Å²) in [6.45, 7) is 2.86. The van der Waals surface area contributed by atoms with Gasteiger partial charge in [0.15, 0.2) is 0 Å². The minimum atomic E-state index is -0.489. The summed E-state index contributed by atoms with van der Waals surface area (Å²) in [5.41, 5.74) is 0. The molecule has 0 aromatic rings. The highest BCUT2D eigenvalue weighted by molar-refractivity contribution is 5.72. The van der Waals surface area contributed by atoms with Crippen LogP contribution in [0.1, 0.15) is 19.8 Å². The van der Waals surface area contributed by atoms with Crippen molar-refractivity contribution < 1.29 is 9.28 Å². The SMILES string of the molecule is CC(=O)N(F)C1CCNCC1. The Bertz CT molecular complexity index is 145. The number of nitrogens with one attached hydrogen (secondary N) is 1. The maximum Gasteiger partial charge on any atom is 0.247 e. The summed E-state index contributed by atoms with van der Waals surface area (Å²) >= 11 is 0. The number of piperidine rings is 1. The molecule has 0 bridgehead atoms. The van der Waals surface area contributed by atoms with Gasteiger partial charge in [0.05, 0.1) is 6.04 Å². The second-order valence-corrected chi connectivity index (χ2v) is 2.81. The molecule has 0 radical (unpaired) electrons. The number of rotatable bonds is 1. The van der Waals surface area contributed by atoms with Gasteiger partial charge in [0.25, 0.3) is 0 Å². The Balaban J connectivity index is 2.38. The van der Waals surface area contributed by atoms with Gasteiger partial charge in [-0.3, -0.25) is 4.79 Å². The summed E-state index contributed by atoms with van der Waals surface area (Å²) < 4.78 is 12.9. The highest BCUT2D eigenvalue weighted by Gasteiger charge is 2.22. The molecule has 0 aromatic carbocycles. The zero-order valence-corrected chi connectivity index (χ0v) is 6.64. The Kier molecular flexibility index (Phi) is 2.82. The average molecular weight is 160 g/mol. The van der Waals surface area contributed by atoms with Crippen LogP contribution in [-0.2, 0) is 4.79 Å². The van der Waals surface area contributed by atoms with Crippen molar-refractivity contribution in [2.75, 3.05) is 13.1 Å². The van der Waals surface area contributed by atoms with E-state index in [9.17, 15) is 9.28 Å². The highest BCUT2D eigenvalue weighted by Crippen LogP contribution is 2.11. The third-order valence-electron chi connectivity index (χ3n) is 1.93. The van der Waals surface area contributed by atoms with Gasteiger partial charge >= 0.3 is 0 Å². The third-order valence-corrected chi connectivity index (χ3v) is 1.93. The maximum absolute atomic E-state index is 12.9. The number of nitrogens with zero attached hydrogens (tertiary/aromatic N) is 1. The lowest BCUT2D eigenvalue weighted by Crippen LogP contribution is -2.41. The molecular weight excluding hydrogens is 147 g/mol. The standard InChI is InChI=1S/C7H13FN2O/c1-6(11)10(8)7-2-4-9-5-3-7/h7,9H,2-5H2,1H3. The Hall–Kier alpha value is -0.640. The van der Waals surface area contributed by atoms with E-state index >= 15 is 0 Å². The second kappa shape index (κ2) is 3.67. The lowest BCUT2D eigenvalue weighted by molar-refractivity contribution is -0.150. The molecule has 1 saturated heterocycles. The predicted molar refractivity (Wildman–Crippen MR) is 39.5 cm³/mol. The molecule has 0 aliphatic carbocycles. The van der Waals surface area contributed by atoms with E-state index in [4.69, 9.17) is 0 Å². The van der Waals surface area contributed by atoms with Crippen LogP contribution in [0.25, 0.3) is 0 Å². The summed E-state index contributed by atoms with van der Waals surface area (Å²) in [6.07, 6.45) is 1.44. The lowest BCUT2D eigenvalue weighted by atomic mass is 10.1. The number of hydrogen-bond donors (Lipinski definition) is 1. The fraction of sp³-hybridized carbons (Fsp3) is 0.857. The van der Waals surface area contributed by atoms with E-state index in [0.29, 0.717) is 5.12 Å². The summed E-state index contributed by atoms with van der Waals surface area (Å²) in [7, 11) is 0. The van der Waals surface area contributed by atoms with Gasteiger partial charge < -0.3 is 5.32 Å². The van der Waals surface area contributed by atoms with Gasteiger partial charge in [0, 0.05) is 6.92 Å². The minimum absolute atomic E-state index is 0.200. The number of hydrogen-bond acceptors (Lipinski definition) is 2. The summed E-state index contributed by atoms with van der Waals surface area (Å²) in [4.78, 5) is 10.6. The van der Waals surface area contributed by atoms with Crippen molar-refractivity contribution in [2.24, 2.45) is 0 Å². The van der Waals surface area contributed by atoms with Gasteiger partial charge in [0.1, 0.15) is 0 Å². The zero-order valence-electron chi connectivity index (χ0n) is 6.64. The summed E-state index contributed by atoms with van der Waals surface area (Å²) in [6, 6.07) is -0.200. The molecule has 0 atom stereocenters. The van der Waals surface area contributed by atoms with Crippen LogP contribution in [0.5, 0.6) is 0 Å². The highest BCUT2D eigenvalue weighted by atomic mass is 19.2. The number of amides is 1. The van der Waals surface area contributed by atoms with Gasteiger partial charge in [0.2, 0.25) is 5.91 Å². The molecule has 1 heterocycles. The van der Waals surface area contributed by atoms with E-state index in [1.54, 1.807) is 0 Å². The second-order valence-electron chi connectivity index (χ2n) is 2.81. The van der Waals surface area contributed by atoms with Crippen molar-refractivity contribution in [3.8, 4) is 0 Å². The van der Waals surface area contributed by atoms with Crippen LogP contribution in [0.15, 0.2) is 0 Å². The Morgan fingerprint density at radius 2 is 2.09 bits per heavy atom. The van der Waals surface area contributed by atoms with Crippen LogP contribution in [0.4, 0.5) is 4.48 Å². The molecule has 1 aliphatic heterocycles. The molecule has 1 amide bonds. The monoisotopic (exact) mass is 160 g/mol. The van der Waals surface area contributed by atoms with E-state index in [2.05, 4.69) is 5.32 Å². The van der Waals surface area contributed by atoms with Crippen molar-refractivity contribution in [1.29, 1.82) is 0 Å². The van der Waals surface area contributed by atoms with Gasteiger partial charge in [-0.05, 0) is 25.9 Å². The minimum Gasteiger partial charge on any atom is -0.317 e. The van der Waals surface area contributed by atoms with Crippen LogP contribution in [0, 0.1) is 0 Å². The Morgan fingerprint density at radius 3 is 2.55 bits per heavy atom. The van der Waals surface area contributed by atoms with Crippen LogP contribution in [0.3, 0.4) is 0 Å². The Morgan fingerprint density at radius 1 is 1.55 bits per heavy atom. The van der Waals surface area contributed by atoms with E-state index in [1.807, 2.05) is 0 Å². The van der Waals surface area contributed by atoms with Crippen molar-refractivity contribution in [2.45, 2.75) is 25.8 Å². The van der Waals surface area contributed by atoms with Gasteiger partial charge in [-0.2, -0.15) is 5.12 Å². The van der Waals surface area contributed by atoms with Crippen LogP contribution >= 0.6 is 0 Å². The first kappa shape index (κ1) is 8.46. The van der Waals surface area contributed by atoms with E-state index in [-0.39, 0.29) is 6.04 Å². The lowest BCUT2D eigenvalue weighted by Gasteiger charge is -2.26. The molecule has 11 heavy (non-hydrogen) atoms. The quantitative estimate of drug-likeness (QED) is 0.565. The van der Waals surface area contributed by atoms with Crippen molar-refractivity contribution in [3.05, 3.63) is 0 Å². The normalized spacial score (nSPS) is 19.8. The molecule has 0 aromatic heterocycles. The Labute approximate surface area is 65.5 Å². The molecule has 1 aliphatic rings. The van der Waals surface area contributed by atoms with Crippen molar-refractivity contribution >= 4 is 5.91 Å². The van der Waals surface area contributed by atoms with Crippen LogP contribution < -0.4 is 5.32 Å². The maximum atomic E-state index is 12.9. The third kappa shape index (κ3) is 2.15. The molecule has 1 N–H and O–H groups in total. The van der Waals surface area contributed by atoms with Crippen molar-refractivity contribution in [1.82, 2.24) is 10.4 Å². The molecule has 1 rings (SSSR count). The fourth-order valence-corrected chi connectivity index (χ4v) is 1.29. The molecule has 0 spiro atoms. The van der Waals surface area contributed by atoms with Gasteiger partial charge in [-0.1, -0.05) is 4.48 Å². The predicted octanol–water partition coefficient (Wildman–Crippen LogP) is 0.471. The molecule has 3 nitrogen and oxygen atoms in total. The molecule has 1 fully saturated rings. The molecule has 0 unspecified atom stereocenters. The average Bonchev–Trinajstić information content (AvgIpc) is 2.05. The molecule has 0 saturated carbocycles. The van der Waals surface area contributed by atoms with Crippen molar-refractivity contribution in [3.63, 3.8) is 0 Å². The fourth-order valence-electron chi connectivity index (χ4n) is 1.29. The first-order valence-corrected chi connectivity index (χ1v) is 3.88. The summed E-state index contributed by atoms with van der Waals surface area (Å²) in [5, 5.41) is 3.45. The van der Waals surface area contributed by atoms with E-state index < -0.39 is 5.91 Å². The summed E-state index contributed by atoms with van der Waals surface area (Å²) in [5.74, 6) is -0.489. The van der Waals surface area contributed by atoms with Gasteiger partial charge in [-0.15, -0.1) is 0 Å². The number of carbonyl (C=O) groups is 1. The van der Waals surface area contributed by atoms with E-state index in [1.165, 1.54) is 6.92 Å². The first-order valence-electron chi connectivity index (χ1n) is 3.88. The van der Waals surface area contributed by atoms with Crippen LogP contribution in [-0.4, -0.2) is 30.2 Å². The largest absolute Gasteiger partial charge is 0.317 e. The smallest absolute Gasteiger partial charge is 0.247 e. The van der Waals surface area contributed by atoms with Crippen LogP contribution in [0.2, 0.25) is 0 Å². The zero-order chi connectivity index (χ0) is 8.27. The molecular formula is C7H13FN2O. The number of carbonyl (C=O) groups excluding carboxylic acids is 1. The van der Waals surface area contributed by atoms with E-state index in [0.717, 1.165) is 25.9 Å². The molecule has 64 valence electrons. The topological polar surface area (TPSA) is 32.3 Å². The first-order chi connectivity index (χ1) is 5.22. The molecule has 4 heteroatoms. The van der Waals surface area contributed by atoms with Gasteiger partial charge in [-0.25, -0.2) is 0 Å². The number of halogens is 1.